The summed E-state index contributed by atoms with van der Waals surface area (Å²) in [6.45, 7) is 4.09. The molecule has 2 rings (SSSR count). The standard InChI is InChI=1S/C14H18O2/c1-10-6-4-3-5-7-13-14(12(15)8-10)11(2)9-16-13/h3,5,9-10H,4,6-8H2,1-2H3. The van der Waals surface area contributed by atoms with Gasteiger partial charge in [-0.1, -0.05) is 19.1 Å². The van der Waals surface area contributed by atoms with E-state index in [1.54, 1.807) is 6.26 Å². The maximum Gasteiger partial charge on any atom is 0.166 e. The lowest BCUT2D eigenvalue weighted by molar-refractivity contribution is 0.0960. The highest BCUT2D eigenvalue weighted by atomic mass is 16.3. The van der Waals surface area contributed by atoms with E-state index >= 15 is 0 Å². The Morgan fingerprint density at radius 3 is 3.00 bits per heavy atom. The van der Waals surface area contributed by atoms with Gasteiger partial charge in [0.25, 0.3) is 0 Å². The minimum Gasteiger partial charge on any atom is -0.468 e. The van der Waals surface area contributed by atoms with Crippen LogP contribution in [-0.4, -0.2) is 5.78 Å². The van der Waals surface area contributed by atoms with E-state index in [1.165, 1.54) is 0 Å². The Morgan fingerprint density at radius 1 is 1.38 bits per heavy atom. The van der Waals surface area contributed by atoms with Crippen molar-refractivity contribution in [3.63, 3.8) is 0 Å². The largest absolute Gasteiger partial charge is 0.468 e. The molecule has 1 aliphatic carbocycles. The number of hydrogen-bond donors (Lipinski definition) is 0. The van der Waals surface area contributed by atoms with Gasteiger partial charge in [-0.15, -0.1) is 0 Å². The number of aryl methyl sites for hydroxylation is 1. The maximum absolute atomic E-state index is 12.1. The Morgan fingerprint density at radius 2 is 2.19 bits per heavy atom. The van der Waals surface area contributed by atoms with E-state index in [1.807, 2.05) is 6.92 Å². The minimum atomic E-state index is 0.240. The molecule has 0 aliphatic heterocycles. The summed E-state index contributed by atoms with van der Waals surface area (Å²) in [5.74, 6) is 1.52. The number of carbonyl (C=O) groups excluding carboxylic acids is 1. The maximum atomic E-state index is 12.1. The summed E-state index contributed by atoms with van der Waals surface area (Å²) in [6.07, 6.45) is 9.52. The van der Waals surface area contributed by atoms with Gasteiger partial charge in [0.2, 0.25) is 0 Å². The van der Waals surface area contributed by atoms with E-state index < -0.39 is 0 Å². The summed E-state index contributed by atoms with van der Waals surface area (Å²) in [7, 11) is 0. The van der Waals surface area contributed by atoms with Crippen LogP contribution >= 0.6 is 0 Å². The SMILES string of the molecule is Cc1coc2c1C(=O)CC(C)CCC=CC2. The van der Waals surface area contributed by atoms with Gasteiger partial charge in [-0.3, -0.25) is 4.79 Å². The molecule has 1 unspecified atom stereocenters. The summed E-state index contributed by atoms with van der Waals surface area (Å²) in [5, 5.41) is 0. The molecule has 0 amide bonds. The summed E-state index contributed by atoms with van der Waals surface area (Å²) < 4.78 is 5.45. The quantitative estimate of drug-likeness (QED) is 0.622. The molecule has 1 heterocycles. The average molecular weight is 218 g/mol. The molecule has 1 atom stereocenters. The van der Waals surface area contributed by atoms with E-state index in [-0.39, 0.29) is 5.78 Å². The molecule has 16 heavy (non-hydrogen) atoms. The number of ketones is 1. The third-order valence-corrected chi connectivity index (χ3v) is 3.16. The van der Waals surface area contributed by atoms with Crippen LogP contribution in [0.25, 0.3) is 0 Å². The number of rotatable bonds is 0. The monoisotopic (exact) mass is 218 g/mol. The Balaban J connectivity index is 2.34. The third-order valence-electron chi connectivity index (χ3n) is 3.16. The lowest BCUT2D eigenvalue weighted by atomic mass is 9.93. The van der Waals surface area contributed by atoms with Crippen LogP contribution in [-0.2, 0) is 6.42 Å². The first kappa shape index (κ1) is 11.2. The van der Waals surface area contributed by atoms with Crippen molar-refractivity contribution in [3.05, 3.63) is 35.3 Å². The van der Waals surface area contributed by atoms with Gasteiger partial charge >= 0.3 is 0 Å². The predicted octanol–water partition coefficient (Wildman–Crippen LogP) is 3.69. The highest BCUT2D eigenvalue weighted by Crippen LogP contribution is 2.24. The fraction of sp³-hybridized carbons (Fsp3) is 0.500. The molecule has 0 aromatic carbocycles. The molecular formula is C14H18O2. The fourth-order valence-corrected chi connectivity index (χ4v) is 2.23. The predicted molar refractivity (Wildman–Crippen MR) is 63.6 cm³/mol. The van der Waals surface area contributed by atoms with Crippen molar-refractivity contribution >= 4 is 5.78 Å². The number of carbonyl (C=O) groups is 1. The molecule has 2 heteroatoms. The highest BCUT2D eigenvalue weighted by molar-refractivity contribution is 5.98. The van der Waals surface area contributed by atoms with Gasteiger partial charge < -0.3 is 4.42 Å². The van der Waals surface area contributed by atoms with Crippen LogP contribution in [0.2, 0.25) is 0 Å². The first-order chi connectivity index (χ1) is 7.68. The molecule has 86 valence electrons. The van der Waals surface area contributed by atoms with Gasteiger partial charge in [0.05, 0.1) is 11.8 Å². The number of Topliss-reactive ketones (excluding diaryl/α,β-unsaturated/α-hetero) is 1. The molecule has 0 radical (unpaired) electrons. The van der Waals surface area contributed by atoms with Crippen molar-refractivity contribution in [2.24, 2.45) is 5.92 Å². The molecule has 0 fully saturated rings. The summed E-state index contributed by atoms with van der Waals surface area (Å²) in [6, 6.07) is 0. The Bertz CT molecular complexity index is 412. The van der Waals surface area contributed by atoms with Gasteiger partial charge in [0.1, 0.15) is 5.76 Å². The van der Waals surface area contributed by atoms with Gasteiger partial charge in [-0.25, -0.2) is 0 Å². The topological polar surface area (TPSA) is 30.2 Å². The molecule has 0 N–H and O–H groups in total. The van der Waals surface area contributed by atoms with Gasteiger partial charge in [0, 0.05) is 12.8 Å². The van der Waals surface area contributed by atoms with Crippen molar-refractivity contribution in [3.8, 4) is 0 Å². The van der Waals surface area contributed by atoms with Gasteiger partial charge in [0.15, 0.2) is 5.78 Å². The van der Waals surface area contributed by atoms with Crippen LogP contribution in [0.15, 0.2) is 22.8 Å². The van der Waals surface area contributed by atoms with Gasteiger partial charge in [-0.05, 0) is 31.2 Å². The molecule has 0 saturated carbocycles. The first-order valence-corrected chi connectivity index (χ1v) is 5.93. The van der Waals surface area contributed by atoms with Crippen molar-refractivity contribution in [1.82, 2.24) is 0 Å². The minimum absolute atomic E-state index is 0.240. The lowest BCUT2D eigenvalue weighted by Gasteiger charge is -2.11. The molecule has 1 aliphatic rings. The van der Waals surface area contributed by atoms with E-state index in [0.717, 1.165) is 36.1 Å². The summed E-state index contributed by atoms with van der Waals surface area (Å²) >= 11 is 0. The van der Waals surface area contributed by atoms with Crippen LogP contribution in [0.3, 0.4) is 0 Å². The van der Waals surface area contributed by atoms with E-state index in [2.05, 4.69) is 19.1 Å². The normalized spacial score (nSPS) is 21.9. The van der Waals surface area contributed by atoms with E-state index in [0.29, 0.717) is 12.3 Å². The van der Waals surface area contributed by atoms with E-state index in [9.17, 15) is 4.79 Å². The molecule has 1 aromatic heterocycles. The Labute approximate surface area is 96.3 Å². The van der Waals surface area contributed by atoms with Crippen LogP contribution in [0.5, 0.6) is 0 Å². The van der Waals surface area contributed by atoms with Crippen molar-refractivity contribution in [1.29, 1.82) is 0 Å². The zero-order valence-electron chi connectivity index (χ0n) is 9.95. The smallest absolute Gasteiger partial charge is 0.166 e. The number of furan rings is 1. The zero-order chi connectivity index (χ0) is 11.5. The van der Waals surface area contributed by atoms with Crippen LogP contribution in [0.4, 0.5) is 0 Å². The second kappa shape index (κ2) is 4.69. The van der Waals surface area contributed by atoms with Crippen LogP contribution in [0.1, 0.15) is 47.9 Å². The number of hydrogen-bond acceptors (Lipinski definition) is 2. The fourth-order valence-electron chi connectivity index (χ4n) is 2.23. The third kappa shape index (κ3) is 2.26. The number of fused-ring (bicyclic) bond motifs is 1. The number of allylic oxidation sites excluding steroid dienone is 2. The van der Waals surface area contributed by atoms with Crippen LogP contribution in [0, 0.1) is 12.8 Å². The zero-order valence-corrected chi connectivity index (χ0v) is 9.95. The Hall–Kier alpha value is -1.31. The van der Waals surface area contributed by atoms with Crippen LogP contribution < -0.4 is 0 Å². The van der Waals surface area contributed by atoms with Gasteiger partial charge in [-0.2, -0.15) is 0 Å². The van der Waals surface area contributed by atoms with Crippen molar-refractivity contribution < 1.29 is 9.21 Å². The summed E-state index contributed by atoms with van der Waals surface area (Å²) in [4.78, 5) is 12.1. The molecule has 2 nitrogen and oxygen atoms in total. The molecule has 0 saturated heterocycles. The first-order valence-electron chi connectivity index (χ1n) is 5.93. The Kier molecular flexibility index (Phi) is 3.28. The van der Waals surface area contributed by atoms with Crippen molar-refractivity contribution in [2.45, 2.75) is 39.5 Å². The van der Waals surface area contributed by atoms with Crippen molar-refractivity contribution in [2.75, 3.05) is 0 Å². The second-order valence-corrected chi connectivity index (χ2v) is 4.70. The highest BCUT2D eigenvalue weighted by Gasteiger charge is 2.20. The average Bonchev–Trinajstić information content (AvgIpc) is 2.59. The molecular weight excluding hydrogens is 200 g/mol. The van der Waals surface area contributed by atoms with E-state index in [4.69, 9.17) is 4.42 Å². The summed E-state index contributed by atoms with van der Waals surface area (Å²) in [5.41, 5.74) is 1.79. The second-order valence-electron chi connectivity index (χ2n) is 4.70. The molecule has 0 spiro atoms. The molecule has 0 bridgehead atoms. The lowest BCUT2D eigenvalue weighted by Crippen LogP contribution is -2.09. The molecule has 1 aromatic rings.